The summed E-state index contributed by atoms with van der Waals surface area (Å²) in [5.41, 5.74) is 4.22. The molecule has 3 N–H and O–H groups in total. The second kappa shape index (κ2) is 12.4. The topological polar surface area (TPSA) is 77.5 Å². The predicted molar refractivity (Wildman–Crippen MR) is 143 cm³/mol. The molecular formula is C29H33FN4O2. The highest BCUT2D eigenvalue weighted by Crippen LogP contribution is 2.36. The Kier molecular flexibility index (Phi) is 8.81. The molecule has 1 unspecified atom stereocenters. The van der Waals surface area contributed by atoms with E-state index in [-0.39, 0.29) is 18.7 Å². The second-order valence-corrected chi connectivity index (χ2v) is 8.85. The molecule has 0 fully saturated rings. The monoisotopic (exact) mass is 488 g/mol. The van der Waals surface area contributed by atoms with Crippen LogP contribution >= 0.6 is 0 Å². The van der Waals surface area contributed by atoms with Gasteiger partial charge in [-0.25, -0.2) is 19.1 Å². The normalized spacial score (nSPS) is 17.9. The largest absolute Gasteiger partial charge is 0.395 e. The number of allylic oxidation sites excluding steroid dienone is 2. The highest BCUT2D eigenvalue weighted by molar-refractivity contribution is 6.01. The average molecular weight is 489 g/mol. The first-order valence-corrected chi connectivity index (χ1v) is 12.5. The zero-order valence-electron chi connectivity index (χ0n) is 20.6. The summed E-state index contributed by atoms with van der Waals surface area (Å²) in [7, 11) is 0. The molecule has 1 aliphatic heterocycles. The summed E-state index contributed by atoms with van der Waals surface area (Å²) in [4.78, 5) is 19.6. The molecule has 1 aromatic heterocycles. The summed E-state index contributed by atoms with van der Waals surface area (Å²) >= 11 is 0. The van der Waals surface area contributed by atoms with Crippen molar-refractivity contribution in [2.24, 2.45) is 0 Å². The number of carbonyl (C=O) groups is 1. The molecule has 2 aromatic carbocycles. The van der Waals surface area contributed by atoms with Crippen molar-refractivity contribution in [1.82, 2.24) is 15.6 Å². The molecule has 0 spiro atoms. The molecule has 1 aliphatic rings. The Balaban J connectivity index is 1.81. The molecule has 4 rings (SSSR count). The second-order valence-electron chi connectivity index (χ2n) is 8.85. The van der Waals surface area contributed by atoms with Gasteiger partial charge in [0.25, 0.3) is 0 Å². The predicted octanol–water partition coefficient (Wildman–Crippen LogP) is 5.66. The fourth-order valence-electron chi connectivity index (χ4n) is 4.61. The zero-order valence-corrected chi connectivity index (χ0v) is 20.6. The lowest BCUT2D eigenvalue weighted by Gasteiger charge is -2.25. The smallest absolute Gasteiger partial charge is 0.327 e. The van der Waals surface area contributed by atoms with Crippen LogP contribution in [0.25, 0.3) is 16.7 Å². The number of anilines is 2. The number of aliphatic hydroxyl groups excluding tert-OH is 1. The number of benzene rings is 2. The quantitative estimate of drug-likeness (QED) is 0.418. The fourth-order valence-corrected chi connectivity index (χ4v) is 4.61. The maximum atomic E-state index is 14.5. The van der Waals surface area contributed by atoms with Crippen LogP contribution in [0, 0.1) is 5.82 Å². The number of carbonyl (C=O) groups excluding carboxylic acids is 1. The molecule has 0 saturated carbocycles. The number of fused-ring (bicyclic) bond motifs is 1. The van der Waals surface area contributed by atoms with Crippen molar-refractivity contribution in [3.05, 3.63) is 84.3 Å². The van der Waals surface area contributed by atoms with E-state index in [9.17, 15) is 14.3 Å². The fraction of sp³-hybridized carbons (Fsp3) is 0.310. The van der Waals surface area contributed by atoms with E-state index in [1.165, 1.54) is 6.07 Å². The first-order chi connectivity index (χ1) is 17.6. The Labute approximate surface area is 211 Å². The van der Waals surface area contributed by atoms with Gasteiger partial charge in [0.15, 0.2) is 0 Å². The van der Waals surface area contributed by atoms with Crippen LogP contribution in [0.4, 0.5) is 20.7 Å². The van der Waals surface area contributed by atoms with E-state index in [0.29, 0.717) is 43.0 Å². The Morgan fingerprint density at radius 3 is 2.72 bits per heavy atom. The van der Waals surface area contributed by atoms with Crippen molar-refractivity contribution in [1.29, 1.82) is 0 Å². The number of amides is 2. The number of aromatic nitrogens is 1. The summed E-state index contributed by atoms with van der Waals surface area (Å²) in [5, 5.41) is 15.7. The Bertz CT molecular complexity index is 1200. The van der Waals surface area contributed by atoms with Crippen molar-refractivity contribution >= 4 is 23.1 Å². The summed E-state index contributed by atoms with van der Waals surface area (Å²) in [6.07, 6.45) is 6.21. The third kappa shape index (κ3) is 6.17. The van der Waals surface area contributed by atoms with Gasteiger partial charge in [0.1, 0.15) is 11.6 Å². The molecule has 188 valence electrons. The van der Waals surface area contributed by atoms with E-state index in [1.807, 2.05) is 61.5 Å². The number of rotatable bonds is 6. The minimum Gasteiger partial charge on any atom is -0.395 e. The maximum Gasteiger partial charge on any atom is 0.327 e. The van der Waals surface area contributed by atoms with Crippen LogP contribution in [0.1, 0.15) is 38.2 Å². The van der Waals surface area contributed by atoms with Gasteiger partial charge < -0.3 is 15.7 Å². The SMILES string of the molecule is CCC=C1CCC(NCCO)CCNC(=O)N(c2cccc(-c3ccccc3)c2)c2ncc(F)cc21. The van der Waals surface area contributed by atoms with Gasteiger partial charge in [-0.3, -0.25) is 0 Å². The lowest BCUT2D eigenvalue weighted by atomic mass is 9.96. The molecule has 3 aromatic rings. The molecule has 0 bridgehead atoms. The minimum atomic E-state index is -0.445. The van der Waals surface area contributed by atoms with Crippen LogP contribution in [-0.2, 0) is 0 Å². The van der Waals surface area contributed by atoms with Crippen molar-refractivity contribution in [3.8, 4) is 11.1 Å². The van der Waals surface area contributed by atoms with Gasteiger partial charge in [0.2, 0.25) is 0 Å². The Hall–Kier alpha value is -3.55. The molecular weight excluding hydrogens is 455 g/mol. The van der Waals surface area contributed by atoms with Crippen molar-refractivity contribution in [2.45, 2.75) is 38.6 Å². The number of nitrogens with zero attached hydrogens (tertiary/aromatic N) is 2. The van der Waals surface area contributed by atoms with Gasteiger partial charge in [-0.05, 0) is 60.6 Å². The highest BCUT2D eigenvalue weighted by Gasteiger charge is 2.26. The third-order valence-corrected chi connectivity index (χ3v) is 6.33. The van der Waals surface area contributed by atoms with Crippen LogP contribution in [0.5, 0.6) is 0 Å². The van der Waals surface area contributed by atoms with E-state index in [0.717, 1.165) is 35.7 Å². The highest BCUT2D eigenvalue weighted by atomic mass is 19.1. The zero-order chi connectivity index (χ0) is 25.3. The van der Waals surface area contributed by atoms with Crippen LogP contribution in [-0.4, -0.2) is 41.9 Å². The summed E-state index contributed by atoms with van der Waals surface area (Å²) in [6.45, 7) is 3.03. The molecule has 36 heavy (non-hydrogen) atoms. The van der Waals surface area contributed by atoms with Gasteiger partial charge in [-0.1, -0.05) is 55.5 Å². The maximum absolute atomic E-state index is 14.5. The van der Waals surface area contributed by atoms with Crippen molar-refractivity contribution < 1.29 is 14.3 Å². The van der Waals surface area contributed by atoms with Crippen LogP contribution in [0.3, 0.4) is 0 Å². The standard InChI is InChI=1S/C29H33FN4O2/c1-2-7-22-12-13-25(31-16-17-35)14-15-32-29(36)34(28-27(22)19-24(30)20-33-28)26-11-6-10-23(18-26)21-8-4-3-5-9-21/h3-11,18-20,25,31,35H,2,12-17H2,1H3,(H,32,36). The lowest BCUT2D eigenvalue weighted by molar-refractivity contribution is 0.247. The molecule has 1 atom stereocenters. The first kappa shape index (κ1) is 25.5. The molecule has 2 amide bonds. The third-order valence-electron chi connectivity index (χ3n) is 6.33. The van der Waals surface area contributed by atoms with Gasteiger partial charge in [-0.15, -0.1) is 0 Å². The van der Waals surface area contributed by atoms with Crippen LogP contribution in [0.15, 0.2) is 72.9 Å². The van der Waals surface area contributed by atoms with E-state index in [2.05, 4.69) is 21.7 Å². The van der Waals surface area contributed by atoms with Crippen molar-refractivity contribution in [3.63, 3.8) is 0 Å². The van der Waals surface area contributed by atoms with E-state index in [4.69, 9.17) is 0 Å². The number of hydrogen-bond donors (Lipinski definition) is 3. The molecule has 7 heteroatoms. The number of aliphatic hydroxyl groups is 1. The molecule has 0 aliphatic carbocycles. The number of pyridine rings is 1. The summed E-state index contributed by atoms with van der Waals surface area (Å²) in [5.74, 6) is -0.0421. The number of hydrogen-bond acceptors (Lipinski definition) is 4. The molecule has 0 saturated heterocycles. The molecule has 2 heterocycles. The lowest BCUT2D eigenvalue weighted by Crippen LogP contribution is -2.40. The van der Waals surface area contributed by atoms with Gasteiger partial charge >= 0.3 is 6.03 Å². The van der Waals surface area contributed by atoms with E-state index < -0.39 is 5.82 Å². The number of halogens is 1. The molecule has 6 nitrogen and oxygen atoms in total. The summed E-state index contributed by atoms with van der Waals surface area (Å²) < 4.78 is 14.5. The van der Waals surface area contributed by atoms with E-state index >= 15 is 0 Å². The van der Waals surface area contributed by atoms with Gasteiger partial charge in [0, 0.05) is 24.7 Å². The average Bonchev–Trinajstić information content (AvgIpc) is 2.92. The summed E-state index contributed by atoms with van der Waals surface area (Å²) in [6, 6.07) is 19.0. The van der Waals surface area contributed by atoms with Crippen LogP contribution < -0.4 is 15.5 Å². The first-order valence-electron chi connectivity index (χ1n) is 12.5. The van der Waals surface area contributed by atoms with Crippen molar-refractivity contribution in [2.75, 3.05) is 24.6 Å². The van der Waals surface area contributed by atoms with E-state index in [1.54, 1.807) is 4.90 Å². The van der Waals surface area contributed by atoms with Gasteiger partial charge in [-0.2, -0.15) is 0 Å². The Morgan fingerprint density at radius 1 is 1.14 bits per heavy atom. The number of urea groups is 1. The molecule has 0 radical (unpaired) electrons. The Morgan fingerprint density at radius 2 is 1.94 bits per heavy atom. The van der Waals surface area contributed by atoms with Crippen LogP contribution in [0.2, 0.25) is 0 Å². The van der Waals surface area contributed by atoms with Gasteiger partial charge in [0.05, 0.1) is 18.5 Å². The number of nitrogens with one attached hydrogen (secondary N) is 2. The minimum absolute atomic E-state index is 0.0456.